The number of aliphatic hydroxyl groups excluding tert-OH is 1. The SMILES string of the molecule is CNCC(O)COC(C)(C)Cn1ccc(C(N)=O)n1. The van der Waals surface area contributed by atoms with Crippen molar-refractivity contribution in [3.05, 3.63) is 18.0 Å². The van der Waals surface area contributed by atoms with Crippen molar-refractivity contribution in [2.45, 2.75) is 32.1 Å². The van der Waals surface area contributed by atoms with Gasteiger partial charge in [-0.25, -0.2) is 0 Å². The molecule has 0 fully saturated rings. The van der Waals surface area contributed by atoms with Gasteiger partial charge in [-0.1, -0.05) is 0 Å². The van der Waals surface area contributed by atoms with Gasteiger partial charge >= 0.3 is 0 Å². The minimum Gasteiger partial charge on any atom is -0.389 e. The lowest BCUT2D eigenvalue weighted by Crippen LogP contribution is -2.36. The zero-order valence-corrected chi connectivity index (χ0v) is 11.6. The lowest BCUT2D eigenvalue weighted by atomic mass is 10.1. The van der Waals surface area contributed by atoms with Crippen molar-refractivity contribution in [3.8, 4) is 0 Å². The van der Waals surface area contributed by atoms with E-state index in [1.807, 2.05) is 13.8 Å². The van der Waals surface area contributed by atoms with Crippen LogP contribution in [0.4, 0.5) is 0 Å². The fourth-order valence-corrected chi connectivity index (χ4v) is 1.63. The number of ether oxygens (including phenoxy) is 1. The summed E-state index contributed by atoms with van der Waals surface area (Å²) in [7, 11) is 1.77. The highest BCUT2D eigenvalue weighted by Gasteiger charge is 2.21. The maximum absolute atomic E-state index is 10.9. The number of nitrogens with one attached hydrogen (secondary N) is 1. The summed E-state index contributed by atoms with van der Waals surface area (Å²) in [5, 5.41) is 16.5. The molecule has 0 bridgehead atoms. The Morgan fingerprint density at radius 1 is 1.68 bits per heavy atom. The molecular weight excluding hydrogens is 248 g/mol. The minimum absolute atomic E-state index is 0.228. The first-order chi connectivity index (χ1) is 8.84. The maximum atomic E-state index is 10.9. The summed E-state index contributed by atoms with van der Waals surface area (Å²) < 4.78 is 7.25. The molecule has 1 atom stereocenters. The number of likely N-dealkylation sites (N-methyl/N-ethyl adjacent to an activating group) is 1. The van der Waals surface area contributed by atoms with Crippen molar-refractivity contribution in [3.63, 3.8) is 0 Å². The van der Waals surface area contributed by atoms with E-state index in [1.54, 1.807) is 24.0 Å². The average molecular weight is 270 g/mol. The molecule has 19 heavy (non-hydrogen) atoms. The van der Waals surface area contributed by atoms with E-state index in [0.29, 0.717) is 13.1 Å². The van der Waals surface area contributed by atoms with Crippen molar-refractivity contribution in [2.24, 2.45) is 5.73 Å². The smallest absolute Gasteiger partial charge is 0.269 e. The molecule has 0 saturated carbocycles. The second-order valence-corrected chi connectivity index (χ2v) is 5.05. The van der Waals surface area contributed by atoms with Gasteiger partial charge in [0, 0.05) is 12.7 Å². The second kappa shape index (κ2) is 6.65. The van der Waals surface area contributed by atoms with Crippen molar-refractivity contribution in [2.75, 3.05) is 20.2 Å². The van der Waals surface area contributed by atoms with Crippen LogP contribution in [0.5, 0.6) is 0 Å². The van der Waals surface area contributed by atoms with Crippen molar-refractivity contribution >= 4 is 5.91 Å². The third-order valence-electron chi connectivity index (χ3n) is 2.54. The summed E-state index contributed by atoms with van der Waals surface area (Å²) in [5.74, 6) is -0.554. The first-order valence-electron chi connectivity index (χ1n) is 6.14. The lowest BCUT2D eigenvalue weighted by Gasteiger charge is -2.26. The number of rotatable bonds is 8. The number of hydrogen-bond donors (Lipinski definition) is 3. The zero-order chi connectivity index (χ0) is 14.5. The van der Waals surface area contributed by atoms with Gasteiger partial charge < -0.3 is 20.9 Å². The Morgan fingerprint density at radius 2 is 2.37 bits per heavy atom. The van der Waals surface area contributed by atoms with Crippen LogP contribution in [0.25, 0.3) is 0 Å². The Kier molecular flexibility index (Phi) is 5.46. The Hall–Kier alpha value is -1.44. The van der Waals surface area contributed by atoms with Gasteiger partial charge in [0.25, 0.3) is 5.91 Å². The van der Waals surface area contributed by atoms with Crippen LogP contribution in [0, 0.1) is 0 Å². The Labute approximate surface area is 112 Å². The number of amides is 1. The predicted octanol–water partition coefficient (Wildman–Crippen LogP) is -0.642. The number of aromatic nitrogens is 2. The third kappa shape index (κ3) is 5.37. The fourth-order valence-electron chi connectivity index (χ4n) is 1.63. The molecule has 0 saturated heterocycles. The predicted molar refractivity (Wildman–Crippen MR) is 70.7 cm³/mol. The highest BCUT2D eigenvalue weighted by atomic mass is 16.5. The molecule has 1 heterocycles. The van der Waals surface area contributed by atoms with Crippen LogP contribution in [0.2, 0.25) is 0 Å². The molecular formula is C12H22N4O3. The fraction of sp³-hybridized carbons (Fsp3) is 0.667. The molecule has 1 unspecified atom stereocenters. The molecule has 1 aromatic rings. The largest absolute Gasteiger partial charge is 0.389 e. The summed E-state index contributed by atoms with van der Waals surface area (Å²) in [6, 6.07) is 1.56. The number of hydrogen-bond acceptors (Lipinski definition) is 5. The molecule has 1 amide bonds. The molecule has 4 N–H and O–H groups in total. The zero-order valence-electron chi connectivity index (χ0n) is 11.6. The maximum Gasteiger partial charge on any atom is 0.269 e. The molecule has 1 rings (SSSR count). The number of carbonyl (C=O) groups excluding carboxylic acids is 1. The van der Waals surface area contributed by atoms with E-state index in [1.165, 1.54) is 0 Å². The van der Waals surface area contributed by atoms with Crippen LogP contribution in [0.1, 0.15) is 24.3 Å². The van der Waals surface area contributed by atoms with Gasteiger partial charge in [-0.3, -0.25) is 9.48 Å². The Bertz CT molecular complexity index is 417. The number of primary amides is 1. The molecule has 0 radical (unpaired) electrons. The molecule has 7 heteroatoms. The molecule has 0 aliphatic carbocycles. The van der Waals surface area contributed by atoms with Crippen LogP contribution in [0.3, 0.4) is 0 Å². The third-order valence-corrected chi connectivity index (χ3v) is 2.54. The Morgan fingerprint density at radius 3 is 2.89 bits per heavy atom. The van der Waals surface area contributed by atoms with Crippen molar-refractivity contribution in [1.29, 1.82) is 0 Å². The highest BCUT2D eigenvalue weighted by Crippen LogP contribution is 2.13. The topological polar surface area (TPSA) is 102 Å². The summed E-state index contributed by atoms with van der Waals surface area (Å²) in [4.78, 5) is 10.9. The van der Waals surface area contributed by atoms with Gasteiger partial charge in [0.1, 0.15) is 5.69 Å². The average Bonchev–Trinajstić information content (AvgIpc) is 2.75. The first-order valence-corrected chi connectivity index (χ1v) is 6.14. The van der Waals surface area contributed by atoms with Gasteiger partial charge in [-0.2, -0.15) is 5.10 Å². The molecule has 0 aliphatic heterocycles. The summed E-state index contributed by atoms with van der Waals surface area (Å²) in [6.07, 6.45) is 1.12. The van der Waals surface area contributed by atoms with E-state index in [2.05, 4.69) is 10.4 Å². The summed E-state index contributed by atoms with van der Waals surface area (Å²) in [5.41, 5.74) is 4.86. The van der Waals surface area contributed by atoms with Gasteiger partial charge in [0.05, 0.1) is 24.9 Å². The molecule has 108 valence electrons. The lowest BCUT2D eigenvalue weighted by molar-refractivity contribution is -0.0680. The van der Waals surface area contributed by atoms with Gasteiger partial charge in [0.2, 0.25) is 0 Å². The van der Waals surface area contributed by atoms with E-state index < -0.39 is 17.6 Å². The van der Waals surface area contributed by atoms with Crippen LogP contribution in [0.15, 0.2) is 12.3 Å². The van der Waals surface area contributed by atoms with Crippen molar-refractivity contribution < 1.29 is 14.6 Å². The van der Waals surface area contributed by atoms with Crippen LogP contribution >= 0.6 is 0 Å². The molecule has 0 aromatic carbocycles. The monoisotopic (exact) mass is 270 g/mol. The highest BCUT2D eigenvalue weighted by molar-refractivity contribution is 5.90. The van der Waals surface area contributed by atoms with Gasteiger partial charge in [-0.05, 0) is 27.0 Å². The van der Waals surface area contributed by atoms with Crippen LogP contribution in [-0.4, -0.2) is 52.7 Å². The quantitative estimate of drug-likeness (QED) is 0.583. The number of carbonyl (C=O) groups is 1. The first kappa shape index (κ1) is 15.6. The van der Waals surface area contributed by atoms with E-state index in [0.717, 1.165) is 0 Å². The molecule has 0 spiro atoms. The molecule has 0 aliphatic rings. The normalized spacial score (nSPS) is 13.5. The number of nitrogens with zero attached hydrogens (tertiary/aromatic N) is 2. The van der Waals surface area contributed by atoms with Gasteiger partial charge in [0.15, 0.2) is 0 Å². The van der Waals surface area contributed by atoms with E-state index >= 15 is 0 Å². The van der Waals surface area contributed by atoms with E-state index in [-0.39, 0.29) is 12.3 Å². The van der Waals surface area contributed by atoms with Crippen LogP contribution < -0.4 is 11.1 Å². The van der Waals surface area contributed by atoms with E-state index in [4.69, 9.17) is 10.5 Å². The Balaban J connectivity index is 2.50. The van der Waals surface area contributed by atoms with Gasteiger partial charge in [-0.15, -0.1) is 0 Å². The number of nitrogens with two attached hydrogens (primary N) is 1. The summed E-state index contributed by atoms with van der Waals surface area (Å²) >= 11 is 0. The second-order valence-electron chi connectivity index (χ2n) is 5.05. The van der Waals surface area contributed by atoms with E-state index in [9.17, 15) is 9.90 Å². The molecule has 7 nitrogen and oxygen atoms in total. The summed E-state index contributed by atoms with van der Waals surface area (Å²) in [6.45, 7) is 4.96. The van der Waals surface area contributed by atoms with Crippen LogP contribution in [-0.2, 0) is 11.3 Å². The van der Waals surface area contributed by atoms with Crippen molar-refractivity contribution in [1.82, 2.24) is 15.1 Å². The minimum atomic E-state index is -0.554. The molecule has 1 aromatic heterocycles. The number of aliphatic hydroxyl groups is 1. The standard InChI is InChI=1S/C12H22N4O3/c1-12(2,19-7-9(17)6-14-3)8-16-5-4-10(15-16)11(13)18/h4-5,9,14,17H,6-8H2,1-3H3,(H2,13,18).